The molecule has 190 valence electrons. The van der Waals surface area contributed by atoms with Crippen LogP contribution in [0.5, 0.6) is 0 Å². The summed E-state index contributed by atoms with van der Waals surface area (Å²) in [6, 6.07) is 10.2. The fourth-order valence-corrected chi connectivity index (χ4v) is 5.13. The van der Waals surface area contributed by atoms with Crippen molar-refractivity contribution in [3.05, 3.63) is 85.6 Å². The van der Waals surface area contributed by atoms with Crippen LogP contribution >= 0.6 is 11.6 Å². The molecular weight excluding hydrogens is 494 g/mol. The van der Waals surface area contributed by atoms with Crippen LogP contribution in [0.3, 0.4) is 0 Å². The highest BCUT2D eigenvalue weighted by atomic mass is 35.5. The van der Waals surface area contributed by atoms with E-state index < -0.39 is 12.9 Å². The summed E-state index contributed by atoms with van der Waals surface area (Å²) in [5, 5.41) is 14.3. The predicted octanol–water partition coefficient (Wildman–Crippen LogP) is 5.78. The highest BCUT2D eigenvalue weighted by Gasteiger charge is 2.33. The summed E-state index contributed by atoms with van der Waals surface area (Å²) in [6.07, 6.45) is 0. The van der Waals surface area contributed by atoms with E-state index in [0.717, 1.165) is 11.1 Å². The molecule has 0 saturated heterocycles. The van der Waals surface area contributed by atoms with Gasteiger partial charge in [0, 0.05) is 28.1 Å². The SMILES string of the molecule is Cc1cc([C@@H](C)Nc2ccc(Cl)nc2-c2ccc3c(c2F)B(O)OC3)c2oc(C(C)C)c(C)c(=O)c2c1. The number of benzene rings is 2. The Morgan fingerprint density at radius 2 is 1.92 bits per heavy atom. The van der Waals surface area contributed by atoms with Gasteiger partial charge in [0.25, 0.3) is 0 Å². The molecule has 2 N–H and O–H groups in total. The van der Waals surface area contributed by atoms with E-state index in [9.17, 15) is 9.82 Å². The lowest BCUT2D eigenvalue weighted by molar-refractivity contribution is 0.275. The van der Waals surface area contributed by atoms with Crippen LogP contribution in [-0.2, 0) is 11.3 Å². The zero-order chi connectivity index (χ0) is 26.6. The number of hydrogen-bond acceptors (Lipinski definition) is 6. The van der Waals surface area contributed by atoms with E-state index in [0.29, 0.717) is 39.2 Å². The first-order valence-electron chi connectivity index (χ1n) is 12.2. The first-order chi connectivity index (χ1) is 17.6. The van der Waals surface area contributed by atoms with E-state index in [4.69, 9.17) is 20.7 Å². The lowest BCUT2D eigenvalue weighted by Crippen LogP contribution is -2.31. The van der Waals surface area contributed by atoms with Gasteiger partial charge in [-0.3, -0.25) is 4.79 Å². The Morgan fingerprint density at radius 1 is 1.16 bits per heavy atom. The lowest BCUT2D eigenvalue weighted by atomic mass is 9.77. The second-order valence-corrected chi connectivity index (χ2v) is 10.3. The van der Waals surface area contributed by atoms with Gasteiger partial charge in [0.05, 0.1) is 29.4 Å². The Morgan fingerprint density at radius 3 is 2.65 bits per heavy atom. The van der Waals surface area contributed by atoms with Crippen LogP contribution in [0.2, 0.25) is 5.15 Å². The van der Waals surface area contributed by atoms with Gasteiger partial charge in [0.2, 0.25) is 0 Å². The summed E-state index contributed by atoms with van der Waals surface area (Å²) in [6.45, 7) is 9.80. The molecule has 0 unspecified atom stereocenters. The van der Waals surface area contributed by atoms with Crippen molar-refractivity contribution in [1.82, 2.24) is 4.98 Å². The van der Waals surface area contributed by atoms with E-state index in [1.54, 1.807) is 31.2 Å². The molecule has 37 heavy (non-hydrogen) atoms. The minimum atomic E-state index is -1.33. The number of rotatable bonds is 5. The van der Waals surface area contributed by atoms with Crippen molar-refractivity contribution in [2.45, 2.75) is 53.2 Å². The molecule has 4 aromatic rings. The molecular formula is C28H27BClFN2O4. The number of nitrogens with one attached hydrogen (secondary N) is 1. The first-order valence-corrected chi connectivity index (χ1v) is 12.6. The molecule has 2 aromatic carbocycles. The Labute approximate surface area is 219 Å². The van der Waals surface area contributed by atoms with Gasteiger partial charge in [-0.1, -0.05) is 37.6 Å². The van der Waals surface area contributed by atoms with Crippen molar-refractivity contribution in [3.8, 4) is 11.3 Å². The largest absolute Gasteiger partial charge is 0.494 e. The van der Waals surface area contributed by atoms with Gasteiger partial charge < -0.3 is 19.4 Å². The standard InChI is InChI=1S/C28H27BClFN2O4/c1-13(2)27-15(4)26(34)20-11-14(3)10-19(28(20)37-27)16(5)32-21-8-9-22(30)33-25(21)18-7-6-17-12-36-29(35)23(17)24(18)31/h6-11,13,16,32,35H,12H2,1-5H3/t16-/m1/s1. The van der Waals surface area contributed by atoms with Gasteiger partial charge in [-0.25, -0.2) is 9.37 Å². The molecule has 5 rings (SSSR count). The molecule has 0 aliphatic carbocycles. The Balaban J connectivity index is 1.62. The fraction of sp³-hybridized carbons (Fsp3) is 0.286. The van der Waals surface area contributed by atoms with Crippen molar-refractivity contribution in [2.24, 2.45) is 0 Å². The van der Waals surface area contributed by atoms with Crippen LogP contribution in [0, 0.1) is 19.7 Å². The molecule has 0 radical (unpaired) electrons. The molecule has 6 nitrogen and oxygen atoms in total. The maximum absolute atomic E-state index is 15.5. The predicted molar refractivity (Wildman–Crippen MR) is 145 cm³/mol. The van der Waals surface area contributed by atoms with Gasteiger partial charge in [-0.2, -0.15) is 0 Å². The van der Waals surface area contributed by atoms with Gasteiger partial charge in [0.15, 0.2) is 5.43 Å². The normalized spacial score (nSPS) is 13.9. The summed E-state index contributed by atoms with van der Waals surface area (Å²) < 4.78 is 27.0. The van der Waals surface area contributed by atoms with Gasteiger partial charge in [0.1, 0.15) is 22.3 Å². The summed E-state index contributed by atoms with van der Waals surface area (Å²) >= 11 is 6.21. The number of anilines is 1. The molecule has 1 aliphatic heterocycles. The molecule has 1 atom stereocenters. The van der Waals surface area contributed by atoms with Crippen molar-refractivity contribution in [1.29, 1.82) is 0 Å². The zero-order valence-electron chi connectivity index (χ0n) is 21.3. The van der Waals surface area contributed by atoms with Crippen LogP contribution in [0.15, 0.2) is 45.6 Å². The molecule has 0 bridgehead atoms. The van der Waals surface area contributed by atoms with Crippen LogP contribution in [0.25, 0.3) is 22.2 Å². The molecule has 0 spiro atoms. The van der Waals surface area contributed by atoms with E-state index in [-0.39, 0.29) is 40.2 Å². The van der Waals surface area contributed by atoms with Crippen molar-refractivity contribution >= 4 is 40.8 Å². The topological polar surface area (TPSA) is 84.6 Å². The third kappa shape index (κ3) is 4.43. The van der Waals surface area contributed by atoms with E-state index in [1.807, 2.05) is 39.8 Å². The van der Waals surface area contributed by atoms with E-state index >= 15 is 4.39 Å². The summed E-state index contributed by atoms with van der Waals surface area (Å²) in [5.41, 5.74) is 4.56. The zero-order valence-corrected chi connectivity index (χ0v) is 22.0. The minimum absolute atomic E-state index is 0.0445. The van der Waals surface area contributed by atoms with Crippen molar-refractivity contribution < 1.29 is 18.5 Å². The van der Waals surface area contributed by atoms with E-state index in [2.05, 4.69) is 10.3 Å². The quantitative estimate of drug-likeness (QED) is 0.256. The van der Waals surface area contributed by atoms with Crippen LogP contribution in [0.4, 0.5) is 10.1 Å². The number of aromatic nitrogens is 1. The average molecular weight is 521 g/mol. The monoisotopic (exact) mass is 520 g/mol. The fourth-order valence-electron chi connectivity index (χ4n) is 4.99. The minimum Gasteiger partial charge on any atom is -0.460 e. The number of nitrogens with zero attached hydrogens (tertiary/aromatic N) is 1. The summed E-state index contributed by atoms with van der Waals surface area (Å²) in [4.78, 5) is 17.6. The second-order valence-electron chi connectivity index (χ2n) is 9.87. The average Bonchev–Trinajstić information content (AvgIpc) is 3.23. The smallest absolute Gasteiger partial charge is 0.460 e. The molecule has 9 heteroatoms. The van der Waals surface area contributed by atoms with Crippen molar-refractivity contribution in [2.75, 3.05) is 5.32 Å². The molecule has 0 fully saturated rings. The van der Waals surface area contributed by atoms with Gasteiger partial charge in [-0.15, -0.1) is 0 Å². The van der Waals surface area contributed by atoms with Crippen LogP contribution < -0.4 is 16.2 Å². The molecule has 0 saturated carbocycles. The van der Waals surface area contributed by atoms with Crippen LogP contribution in [0.1, 0.15) is 60.7 Å². The first kappa shape index (κ1) is 25.5. The third-order valence-electron chi connectivity index (χ3n) is 6.82. The molecule has 1 aliphatic rings. The van der Waals surface area contributed by atoms with E-state index in [1.165, 1.54) is 0 Å². The number of pyridine rings is 1. The molecule has 3 heterocycles. The number of fused-ring (bicyclic) bond motifs is 2. The summed E-state index contributed by atoms with van der Waals surface area (Å²) in [7, 11) is -1.33. The Hall–Kier alpha value is -3.20. The maximum Gasteiger partial charge on any atom is 0.494 e. The highest BCUT2D eigenvalue weighted by molar-refractivity contribution is 6.61. The highest BCUT2D eigenvalue weighted by Crippen LogP contribution is 2.35. The maximum atomic E-state index is 15.5. The second kappa shape index (κ2) is 9.60. The van der Waals surface area contributed by atoms with Crippen molar-refractivity contribution in [3.63, 3.8) is 0 Å². The van der Waals surface area contributed by atoms with Gasteiger partial charge in [-0.05, 0) is 56.2 Å². The number of aryl methyl sites for hydroxylation is 1. The Kier molecular flexibility index (Phi) is 6.60. The Bertz CT molecular complexity index is 1600. The van der Waals surface area contributed by atoms with Crippen LogP contribution in [-0.4, -0.2) is 17.1 Å². The number of halogens is 2. The third-order valence-corrected chi connectivity index (χ3v) is 7.03. The number of hydrogen-bond donors (Lipinski definition) is 2. The molecule has 2 aromatic heterocycles. The molecule has 0 amide bonds. The summed E-state index contributed by atoms with van der Waals surface area (Å²) in [5.74, 6) is 0.102. The van der Waals surface area contributed by atoms with Gasteiger partial charge >= 0.3 is 7.12 Å². The lowest BCUT2D eigenvalue weighted by Gasteiger charge is -2.21.